The second-order valence-corrected chi connectivity index (χ2v) is 7.28. The van der Waals surface area contributed by atoms with E-state index >= 15 is 0 Å². The van der Waals surface area contributed by atoms with E-state index in [2.05, 4.69) is 37.7 Å². The van der Waals surface area contributed by atoms with Crippen molar-refractivity contribution in [3.63, 3.8) is 0 Å². The quantitative estimate of drug-likeness (QED) is 0.849. The molecule has 2 aliphatic rings. The lowest BCUT2D eigenvalue weighted by Crippen LogP contribution is -2.49. The summed E-state index contributed by atoms with van der Waals surface area (Å²) in [4.78, 5) is 4.95. The molecule has 1 heterocycles. The molecule has 2 fully saturated rings. The molecule has 3 nitrogen and oxygen atoms in total. The summed E-state index contributed by atoms with van der Waals surface area (Å²) in [5.74, 6) is 1.81. The number of nitrogens with zero attached hydrogens (tertiary/aromatic N) is 2. The van der Waals surface area contributed by atoms with Crippen LogP contribution < -0.4 is 0 Å². The van der Waals surface area contributed by atoms with Crippen LogP contribution in [0.3, 0.4) is 0 Å². The summed E-state index contributed by atoms with van der Waals surface area (Å²) >= 11 is 0. The Morgan fingerprint density at radius 2 is 2.00 bits per heavy atom. The molecular weight excluding hydrogens is 236 g/mol. The molecule has 112 valence electrons. The molecule has 0 aromatic carbocycles. The Kier molecular flexibility index (Phi) is 5.27. The molecule has 1 aliphatic carbocycles. The van der Waals surface area contributed by atoms with E-state index in [9.17, 15) is 5.11 Å². The van der Waals surface area contributed by atoms with E-state index in [1.807, 2.05) is 0 Å². The topological polar surface area (TPSA) is 26.7 Å². The van der Waals surface area contributed by atoms with Crippen LogP contribution in [0.15, 0.2) is 0 Å². The molecule has 5 atom stereocenters. The van der Waals surface area contributed by atoms with Crippen molar-refractivity contribution in [3.8, 4) is 0 Å². The molecule has 0 aromatic rings. The predicted molar refractivity (Wildman–Crippen MR) is 80.2 cm³/mol. The smallest absolute Gasteiger partial charge is 0.0585 e. The molecule has 0 radical (unpaired) electrons. The Balaban J connectivity index is 1.88. The largest absolute Gasteiger partial charge is 0.393 e. The Morgan fingerprint density at radius 1 is 1.26 bits per heavy atom. The molecule has 3 heteroatoms. The molecule has 1 N–H and O–H groups in total. The van der Waals surface area contributed by atoms with Crippen LogP contribution in [0.1, 0.15) is 39.5 Å². The zero-order valence-electron chi connectivity index (χ0n) is 13.2. The summed E-state index contributed by atoms with van der Waals surface area (Å²) in [6.45, 7) is 8.09. The summed E-state index contributed by atoms with van der Waals surface area (Å²) in [6.07, 6.45) is 4.80. The first-order valence-electron chi connectivity index (χ1n) is 8.04. The van der Waals surface area contributed by atoms with Crippen molar-refractivity contribution in [1.82, 2.24) is 9.80 Å². The van der Waals surface area contributed by atoms with Gasteiger partial charge >= 0.3 is 0 Å². The molecule has 0 aromatic heterocycles. The van der Waals surface area contributed by atoms with Gasteiger partial charge in [-0.25, -0.2) is 0 Å². The SMILES string of the molecule is CC1CC(C)C(CN(C)C2CCCN(C)C2)C(O)C1. The minimum atomic E-state index is -0.0949. The minimum Gasteiger partial charge on any atom is -0.393 e. The Hall–Kier alpha value is -0.120. The van der Waals surface area contributed by atoms with Gasteiger partial charge in [-0.05, 0) is 58.2 Å². The maximum atomic E-state index is 10.4. The molecule has 5 unspecified atom stereocenters. The van der Waals surface area contributed by atoms with Gasteiger partial charge in [0.25, 0.3) is 0 Å². The van der Waals surface area contributed by atoms with Crippen LogP contribution in [0.4, 0.5) is 0 Å². The van der Waals surface area contributed by atoms with Crippen LogP contribution in [0.5, 0.6) is 0 Å². The molecule has 0 bridgehead atoms. The average molecular weight is 268 g/mol. The highest BCUT2D eigenvalue weighted by molar-refractivity contribution is 4.87. The molecule has 1 aliphatic heterocycles. The second-order valence-electron chi connectivity index (χ2n) is 7.28. The van der Waals surface area contributed by atoms with Gasteiger partial charge < -0.3 is 14.9 Å². The van der Waals surface area contributed by atoms with Gasteiger partial charge in [-0.15, -0.1) is 0 Å². The molecule has 1 saturated heterocycles. The zero-order valence-corrected chi connectivity index (χ0v) is 13.2. The van der Waals surface area contributed by atoms with Gasteiger partial charge in [-0.3, -0.25) is 0 Å². The highest BCUT2D eigenvalue weighted by Gasteiger charge is 2.34. The Morgan fingerprint density at radius 3 is 2.63 bits per heavy atom. The third-order valence-corrected chi connectivity index (χ3v) is 5.36. The fourth-order valence-electron chi connectivity index (χ4n) is 4.15. The number of hydrogen-bond donors (Lipinski definition) is 1. The first kappa shape index (κ1) is 15.3. The van der Waals surface area contributed by atoms with Crippen LogP contribution in [0.2, 0.25) is 0 Å². The van der Waals surface area contributed by atoms with E-state index in [0.717, 1.165) is 13.0 Å². The lowest BCUT2D eigenvalue weighted by atomic mass is 9.73. The van der Waals surface area contributed by atoms with Gasteiger partial charge in [-0.2, -0.15) is 0 Å². The van der Waals surface area contributed by atoms with Crippen molar-refractivity contribution in [2.45, 2.75) is 51.7 Å². The first-order chi connectivity index (χ1) is 8.97. The first-order valence-corrected chi connectivity index (χ1v) is 8.04. The third kappa shape index (κ3) is 3.93. The fraction of sp³-hybridized carbons (Fsp3) is 1.00. The van der Waals surface area contributed by atoms with Crippen LogP contribution in [0.25, 0.3) is 0 Å². The average Bonchev–Trinajstić information content (AvgIpc) is 2.33. The van der Waals surface area contributed by atoms with Crippen molar-refractivity contribution < 1.29 is 5.11 Å². The lowest BCUT2D eigenvalue weighted by molar-refractivity contribution is -0.00920. The van der Waals surface area contributed by atoms with E-state index in [1.165, 1.54) is 32.4 Å². The summed E-state index contributed by atoms with van der Waals surface area (Å²) < 4.78 is 0. The summed E-state index contributed by atoms with van der Waals surface area (Å²) in [6, 6.07) is 0.678. The molecule has 0 amide bonds. The van der Waals surface area contributed by atoms with E-state index in [0.29, 0.717) is 23.8 Å². The molecular formula is C16H32N2O. The lowest BCUT2D eigenvalue weighted by Gasteiger charge is -2.42. The van der Waals surface area contributed by atoms with Gasteiger partial charge in [0.1, 0.15) is 0 Å². The summed E-state index contributed by atoms with van der Waals surface area (Å²) in [5, 5.41) is 10.4. The molecule has 1 saturated carbocycles. The number of rotatable bonds is 3. The monoisotopic (exact) mass is 268 g/mol. The maximum Gasteiger partial charge on any atom is 0.0585 e. The van der Waals surface area contributed by atoms with Gasteiger partial charge in [0.05, 0.1) is 6.10 Å². The standard InChI is InChI=1S/C16H32N2O/c1-12-8-13(2)15(16(19)9-12)11-18(4)14-6-5-7-17(3)10-14/h12-16,19H,5-11H2,1-4H3. The van der Waals surface area contributed by atoms with Gasteiger partial charge in [0.2, 0.25) is 0 Å². The molecule has 0 spiro atoms. The third-order valence-electron chi connectivity index (χ3n) is 5.36. The highest BCUT2D eigenvalue weighted by Crippen LogP contribution is 2.34. The van der Waals surface area contributed by atoms with Crippen molar-refractivity contribution in [2.24, 2.45) is 17.8 Å². The van der Waals surface area contributed by atoms with E-state index in [-0.39, 0.29) is 6.10 Å². The van der Waals surface area contributed by atoms with Gasteiger partial charge in [0, 0.05) is 25.0 Å². The van der Waals surface area contributed by atoms with E-state index in [1.54, 1.807) is 0 Å². The minimum absolute atomic E-state index is 0.0949. The van der Waals surface area contributed by atoms with Gasteiger partial charge in [-0.1, -0.05) is 13.8 Å². The Labute approximate surface area is 119 Å². The predicted octanol–water partition coefficient (Wildman–Crippen LogP) is 2.06. The molecule has 19 heavy (non-hydrogen) atoms. The fourth-order valence-corrected chi connectivity index (χ4v) is 4.15. The second kappa shape index (κ2) is 6.55. The Bertz CT molecular complexity index is 272. The number of likely N-dealkylation sites (N-methyl/N-ethyl adjacent to an activating group) is 2. The van der Waals surface area contributed by atoms with E-state index < -0.39 is 0 Å². The zero-order chi connectivity index (χ0) is 14.0. The van der Waals surface area contributed by atoms with Crippen molar-refractivity contribution >= 4 is 0 Å². The number of aliphatic hydroxyl groups excluding tert-OH is 1. The number of likely N-dealkylation sites (tertiary alicyclic amines) is 1. The molecule has 2 rings (SSSR count). The number of hydrogen-bond acceptors (Lipinski definition) is 3. The van der Waals surface area contributed by atoms with Gasteiger partial charge in [0.15, 0.2) is 0 Å². The van der Waals surface area contributed by atoms with Crippen LogP contribution in [-0.2, 0) is 0 Å². The highest BCUT2D eigenvalue weighted by atomic mass is 16.3. The van der Waals surface area contributed by atoms with Crippen molar-refractivity contribution in [1.29, 1.82) is 0 Å². The van der Waals surface area contributed by atoms with Crippen LogP contribution in [0, 0.1) is 17.8 Å². The number of aliphatic hydroxyl groups is 1. The van der Waals surface area contributed by atoms with E-state index in [4.69, 9.17) is 0 Å². The summed E-state index contributed by atoms with van der Waals surface area (Å²) in [5.41, 5.74) is 0. The van der Waals surface area contributed by atoms with Crippen LogP contribution >= 0.6 is 0 Å². The maximum absolute atomic E-state index is 10.4. The number of piperidine rings is 1. The van der Waals surface area contributed by atoms with Crippen molar-refractivity contribution in [2.75, 3.05) is 33.7 Å². The van der Waals surface area contributed by atoms with Crippen molar-refractivity contribution in [3.05, 3.63) is 0 Å². The normalized spacial score (nSPS) is 41.7. The summed E-state index contributed by atoms with van der Waals surface area (Å²) in [7, 11) is 4.47. The van der Waals surface area contributed by atoms with Crippen LogP contribution in [-0.4, -0.2) is 60.8 Å².